The summed E-state index contributed by atoms with van der Waals surface area (Å²) in [6, 6.07) is 5.96. The van der Waals surface area contributed by atoms with Crippen LogP contribution >= 0.6 is 11.3 Å². The van der Waals surface area contributed by atoms with Gasteiger partial charge in [-0.05, 0) is 47.9 Å². The van der Waals surface area contributed by atoms with Gasteiger partial charge in [-0.15, -0.1) is 8.78 Å². The van der Waals surface area contributed by atoms with E-state index in [1.54, 1.807) is 12.1 Å². The minimum atomic E-state index is -3.96. The molecule has 1 saturated carbocycles. The van der Waals surface area contributed by atoms with Crippen LogP contribution in [0, 0.1) is 5.92 Å². The predicted molar refractivity (Wildman–Crippen MR) is 148 cm³/mol. The molecule has 3 aliphatic heterocycles. The zero-order valence-electron chi connectivity index (χ0n) is 23.1. The first-order chi connectivity index (χ1) is 20.6. The van der Waals surface area contributed by atoms with Gasteiger partial charge in [-0.1, -0.05) is 18.3 Å². The van der Waals surface area contributed by atoms with Crippen molar-refractivity contribution in [1.29, 1.82) is 0 Å². The van der Waals surface area contributed by atoms with Gasteiger partial charge in [-0.2, -0.15) is 4.94 Å². The molecule has 2 atom stereocenters. The maximum Gasteiger partial charge on any atom is 0.586 e. The minimum absolute atomic E-state index is 0.121. The molecule has 3 aromatic rings. The van der Waals surface area contributed by atoms with Crippen molar-refractivity contribution in [2.24, 2.45) is 5.92 Å². The van der Waals surface area contributed by atoms with Crippen LogP contribution in [0.1, 0.15) is 46.9 Å². The van der Waals surface area contributed by atoms with Crippen molar-refractivity contribution in [3.63, 3.8) is 0 Å². The number of morpholine rings is 1. The van der Waals surface area contributed by atoms with Crippen molar-refractivity contribution in [3.8, 4) is 17.2 Å². The van der Waals surface area contributed by atoms with Crippen molar-refractivity contribution in [3.05, 3.63) is 35.4 Å². The number of fused-ring (bicyclic) bond motifs is 4. The first-order valence-corrected chi connectivity index (χ1v) is 14.6. The Kier molecular flexibility index (Phi) is 6.59. The number of carbonyl (C=O) groups is 2. The Hall–Kier alpha value is -3.82. The van der Waals surface area contributed by atoms with Gasteiger partial charge in [0.2, 0.25) is 0 Å². The minimum Gasteiger partial charge on any atom is -0.496 e. The van der Waals surface area contributed by atoms with Crippen molar-refractivity contribution in [2.75, 3.05) is 37.1 Å². The maximum atomic E-state index is 13.9. The van der Waals surface area contributed by atoms with E-state index in [0.29, 0.717) is 36.3 Å². The molecule has 7 rings (SSSR count). The van der Waals surface area contributed by atoms with E-state index in [-0.39, 0.29) is 58.7 Å². The van der Waals surface area contributed by atoms with E-state index in [0.717, 1.165) is 23.7 Å². The second kappa shape index (κ2) is 10.1. The third kappa shape index (κ3) is 4.79. The summed E-state index contributed by atoms with van der Waals surface area (Å²) in [4.78, 5) is 38.2. The lowest BCUT2D eigenvalue weighted by atomic mass is 9.69. The van der Waals surface area contributed by atoms with Crippen LogP contribution in [0.25, 0.3) is 10.2 Å². The Balaban J connectivity index is 1.24. The van der Waals surface area contributed by atoms with Crippen LogP contribution in [-0.2, 0) is 9.68 Å². The smallest absolute Gasteiger partial charge is 0.496 e. The molecule has 1 aliphatic carbocycles. The van der Waals surface area contributed by atoms with Crippen LogP contribution in [0.5, 0.6) is 17.2 Å². The molecule has 2 saturated heterocycles. The molecule has 1 aromatic heterocycles. The van der Waals surface area contributed by atoms with Gasteiger partial charge in [0.05, 0.1) is 59.4 Å². The van der Waals surface area contributed by atoms with Gasteiger partial charge in [0.1, 0.15) is 17.9 Å². The predicted octanol–water partition coefficient (Wildman–Crippen LogP) is 4.66. The third-order valence-corrected chi connectivity index (χ3v) is 9.45. The molecule has 2 N–H and O–H groups in total. The Morgan fingerprint density at radius 1 is 1.14 bits per heavy atom. The Bertz CT molecular complexity index is 1610. The average Bonchev–Trinajstić information content (AvgIpc) is 3.49. The van der Waals surface area contributed by atoms with Crippen molar-refractivity contribution >= 4 is 44.2 Å². The first-order valence-electron chi connectivity index (χ1n) is 13.7. The summed E-state index contributed by atoms with van der Waals surface area (Å²) in [6.45, 7) is 2.77. The first kappa shape index (κ1) is 28.0. The monoisotopic (exact) mass is 620 g/mol. The van der Waals surface area contributed by atoms with Crippen LogP contribution in [-0.4, -0.2) is 67.6 Å². The molecule has 2 aromatic carbocycles. The molecular formula is C28H27F3N4O7S. The second-order valence-corrected chi connectivity index (χ2v) is 12.4. The highest BCUT2D eigenvalue weighted by atomic mass is 32.1. The number of benzene rings is 2. The van der Waals surface area contributed by atoms with Crippen molar-refractivity contribution in [1.82, 2.24) is 10.3 Å². The molecule has 43 heavy (non-hydrogen) atoms. The fraction of sp³-hybridized carbons (Fsp3) is 0.464. The topological polar surface area (TPSA) is 120 Å². The van der Waals surface area contributed by atoms with E-state index < -0.39 is 23.6 Å². The Morgan fingerprint density at radius 2 is 1.86 bits per heavy atom. The normalized spacial score (nSPS) is 26.4. The number of hydrogen-bond acceptors (Lipinski definition) is 10. The molecule has 4 aliphatic rings. The van der Waals surface area contributed by atoms with E-state index >= 15 is 0 Å². The lowest BCUT2D eigenvalue weighted by Gasteiger charge is -2.52. The van der Waals surface area contributed by atoms with E-state index in [1.807, 2.05) is 6.92 Å². The highest BCUT2D eigenvalue weighted by molar-refractivity contribution is 7.22. The van der Waals surface area contributed by atoms with Gasteiger partial charge >= 0.3 is 6.29 Å². The van der Waals surface area contributed by atoms with Crippen molar-refractivity contribution in [2.45, 2.75) is 50.1 Å². The number of carbonyl (C=O) groups excluding carboxylic acids is 2. The largest absolute Gasteiger partial charge is 0.586 e. The quantitative estimate of drug-likeness (QED) is 0.371. The molecule has 4 heterocycles. The zero-order valence-corrected chi connectivity index (χ0v) is 23.9. The molecule has 2 bridgehead atoms. The number of methoxy groups -OCH3 is 1. The van der Waals surface area contributed by atoms with Crippen LogP contribution in [0.3, 0.4) is 0 Å². The average molecular weight is 621 g/mol. The van der Waals surface area contributed by atoms with Gasteiger partial charge in [0.15, 0.2) is 16.6 Å². The molecule has 11 nitrogen and oxygen atoms in total. The number of ether oxygens (including phenoxy) is 4. The van der Waals surface area contributed by atoms with Gasteiger partial charge in [0.25, 0.3) is 11.8 Å². The highest BCUT2D eigenvalue weighted by Crippen LogP contribution is 2.46. The zero-order chi connectivity index (χ0) is 30.1. The lowest BCUT2D eigenvalue weighted by molar-refractivity contribution is -0.286. The molecule has 3 fully saturated rings. The second-order valence-electron chi connectivity index (χ2n) is 11.4. The standard InChI is InChI=1S/C28H27F3N4O7S/c1-13-8-27(9-13,12-40-31)34-24(36)16-6-20-21(42-28(29,30)41-20)7-18(16)32-25(37)22-19(38-2)4-3-17-23(22)43-26(33-17)35-14-5-15(35)11-39-10-14/h3-4,6-7,13-15H,5,8-12H2,1-2H3,(H,32,37)(H,34,36). The van der Waals surface area contributed by atoms with E-state index in [4.69, 9.17) is 14.5 Å². The van der Waals surface area contributed by atoms with E-state index in [1.165, 1.54) is 18.4 Å². The summed E-state index contributed by atoms with van der Waals surface area (Å²) in [7, 11) is 1.42. The SMILES string of the molecule is COc1ccc2nc(N3C4COCC3C4)sc2c1C(=O)Nc1cc2c(cc1C(=O)NC1(COF)CC(C)C1)OC(F)(F)O2. The van der Waals surface area contributed by atoms with Crippen LogP contribution in [0.2, 0.25) is 0 Å². The summed E-state index contributed by atoms with van der Waals surface area (Å²) in [5.74, 6) is -1.69. The molecule has 0 spiro atoms. The number of nitrogens with one attached hydrogen (secondary N) is 2. The van der Waals surface area contributed by atoms with Crippen LogP contribution < -0.4 is 29.7 Å². The van der Waals surface area contributed by atoms with Gasteiger partial charge in [-0.3, -0.25) is 9.59 Å². The summed E-state index contributed by atoms with van der Waals surface area (Å²) >= 11 is 1.33. The number of alkyl halides is 2. The Morgan fingerprint density at radius 3 is 2.51 bits per heavy atom. The Labute approximate surface area is 247 Å². The van der Waals surface area contributed by atoms with Crippen molar-refractivity contribution < 1.29 is 46.8 Å². The number of thiazole rings is 1. The van der Waals surface area contributed by atoms with Crippen LogP contribution in [0.4, 0.5) is 24.1 Å². The number of amides is 2. The van der Waals surface area contributed by atoms with Crippen LogP contribution in [0.15, 0.2) is 24.3 Å². The molecular weight excluding hydrogens is 593 g/mol. The van der Waals surface area contributed by atoms with E-state index in [2.05, 4.69) is 29.9 Å². The number of rotatable bonds is 8. The number of anilines is 2. The number of aromatic nitrogens is 1. The summed E-state index contributed by atoms with van der Waals surface area (Å²) in [5.41, 5.74) is -0.552. The number of hydrogen-bond donors (Lipinski definition) is 2. The number of nitrogens with zero attached hydrogens (tertiary/aromatic N) is 2. The van der Waals surface area contributed by atoms with E-state index in [9.17, 15) is 22.9 Å². The number of halogens is 3. The van der Waals surface area contributed by atoms with Gasteiger partial charge in [-0.25, -0.2) is 4.98 Å². The van der Waals surface area contributed by atoms with Gasteiger partial charge in [0, 0.05) is 6.07 Å². The molecule has 2 amide bonds. The lowest BCUT2D eigenvalue weighted by Crippen LogP contribution is -2.64. The maximum absolute atomic E-state index is 13.9. The molecule has 228 valence electrons. The summed E-state index contributed by atoms with van der Waals surface area (Å²) in [5, 5.41) is 6.19. The fourth-order valence-electron chi connectivity index (χ4n) is 6.52. The summed E-state index contributed by atoms with van der Waals surface area (Å²) in [6.07, 6.45) is -2.05. The fourth-order valence-corrected chi connectivity index (χ4v) is 7.77. The molecule has 2 unspecified atom stereocenters. The molecule has 15 heteroatoms. The summed E-state index contributed by atoms with van der Waals surface area (Å²) < 4.78 is 61.6. The molecule has 0 radical (unpaired) electrons. The highest BCUT2D eigenvalue weighted by Gasteiger charge is 2.47. The third-order valence-electron chi connectivity index (χ3n) is 8.35. The van der Waals surface area contributed by atoms with Gasteiger partial charge < -0.3 is 34.5 Å².